The van der Waals surface area contributed by atoms with Gasteiger partial charge in [0.1, 0.15) is 0 Å². The number of carbonyl (C=O) groups is 3. The molecule has 0 aliphatic carbocycles. The molecule has 0 heterocycles. The van der Waals surface area contributed by atoms with E-state index in [1.807, 2.05) is 6.92 Å². The van der Waals surface area contributed by atoms with E-state index >= 15 is 0 Å². The minimum absolute atomic E-state index is 0.0214. The minimum atomic E-state index is -0.957. The zero-order chi connectivity index (χ0) is 16.5. The number of carboxylic acid groups (broad SMARTS) is 1. The molecule has 0 aliphatic rings. The largest absolute Gasteiger partial charge is 0.480 e. The molecule has 22 heavy (non-hydrogen) atoms. The zero-order valence-electron chi connectivity index (χ0n) is 12.8. The summed E-state index contributed by atoms with van der Waals surface area (Å²) >= 11 is 0. The van der Waals surface area contributed by atoms with Gasteiger partial charge in [-0.2, -0.15) is 0 Å². The van der Waals surface area contributed by atoms with Gasteiger partial charge in [0.05, 0.1) is 13.1 Å². The minimum Gasteiger partial charge on any atom is -0.480 e. The number of carbonyl (C=O) groups excluding carboxylic acids is 2. The summed E-state index contributed by atoms with van der Waals surface area (Å²) in [6.07, 6.45) is 0.770. The van der Waals surface area contributed by atoms with Gasteiger partial charge >= 0.3 is 5.97 Å². The van der Waals surface area contributed by atoms with E-state index < -0.39 is 5.97 Å². The Kier molecular flexibility index (Phi) is 7.04. The number of nitrogens with zero attached hydrogens (tertiary/aromatic N) is 1. The molecule has 7 nitrogen and oxygen atoms in total. The maximum absolute atomic E-state index is 11.9. The highest BCUT2D eigenvalue weighted by Gasteiger charge is 2.13. The number of hydrogen-bond acceptors (Lipinski definition) is 4. The Labute approximate surface area is 129 Å². The van der Waals surface area contributed by atoms with Gasteiger partial charge in [-0.15, -0.1) is 0 Å². The van der Waals surface area contributed by atoms with E-state index in [0.717, 1.165) is 6.42 Å². The number of aliphatic carboxylic acids is 1. The Bertz CT molecular complexity index is 528. The number of amides is 2. The summed E-state index contributed by atoms with van der Waals surface area (Å²) in [6, 6.07) is 6.70. The number of anilines is 2. The molecule has 0 saturated carbocycles. The average molecular weight is 307 g/mol. The van der Waals surface area contributed by atoms with Gasteiger partial charge in [0.15, 0.2) is 0 Å². The molecule has 0 aliphatic heterocycles. The molecule has 7 heteroatoms. The number of hydrogen-bond donors (Lipinski definition) is 3. The second-order valence-corrected chi connectivity index (χ2v) is 4.91. The summed E-state index contributed by atoms with van der Waals surface area (Å²) in [5.74, 6) is -1.40. The fraction of sp³-hybridized carbons (Fsp3) is 0.400. The van der Waals surface area contributed by atoms with Crippen LogP contribution in [0.4, 0.5) is 11.4 Å². The number of benzene rings is 1. The molecule has 1 aromatic rings. The molecule has 1 aromatic carbocycles. The van der Waals surface area contributed by atoms with Crippen molar-refractivity contribution in [3.05, 3.63) is 24.3 Å². The average Bonchev–Trinajstić information content (AvgIpc) is 2.40. The van der Waals surface area contributed by atoms with Crippen LogP contribution < -0.4 is 10.6 Å². The van der Waals surface area contributed by atoms with Crippen molar-refractivity contribution in [2.24, 2.45) is 0 Å². The van der Waals surface area contributed by atoms with Gasteiger partial charge in [-0.05, 0) is 37.2 Å². The zero-order valence-corrected chi connectivity index (χ0v) is 12.8. The van der Waals surface area contributed by atoms with Crippen LogP contribution in [0.2, 0.25) is 0 Å². The lowest BCUT2D eigenvalue weighted by Crippen LogP contribution is -2.37. The van der Waals surface area contributed by atoms with E-state index in [1.165, 1.54) is 6.92 Å². The third-order valence-corrected chi connectivity index (χ3v) is 2.75. The van der Waals surface area contributed by atoms with Gasteiger partial charge in [0.2, 0.25) is 11.8 Å². The van der Waals surface area contributed by atoms with E-state index in [2.05, 4.69) is 10.6 Å². The number of carboxylic acids is 1. The lowest BCUT2D eigenvalue weighted by Gasteiger charge is -2.18. The van der Waals surface area contributed by atoms with E-state index in [0.29, 0.717) is 17.9 Å². The van der Waals surface area contributed by atoms with Crippen molar-refractivity contribution in [2.75, 3.05) is 30.3 Å². The third kappa shape index (κ3) is 6.85. The summed E-state index contributed by atoms with van der Waals surface area (Å²) < 4.78 is 0. The first-order valence-electron chi connectivity index (χ1n) is 7.02. The predicted molar refractivity (Wildman–Crippen MR) is 83.7 cm³/mol. The quantitative estimate of drug-likeness (QED) is 0.674. The van der Waals surface area contributed by atoms with Gasteiger partial charge in [-0.25, -0.2) is 0 Å². The fourth-order valence-corrected chi connectivity index (χ4v) is 1.97. The highest BCUT2D eigenvalue weighted by molar-refractivity contribution is 5.93. The lowest BCUT2D eigenvalue weighted by atomic mass is 10.2. The maximum Gasteiger partial charge on any atom is 0.317 e. The lowest BCUT2D eigenvalue weighted by molar-refractivity contribution is -0.138. The molecule has 0 bridgehead atoms. The van der Waals surface area contributed by atoms with Crippen molar-refractivity contribution in [3.63, 3.8) is 0 Å². The van der Waals surface area contributed by atoms with Crippen molar-refractivity contribution in [1.82, 2.24) is 4.90 Å². The smallest absolute Gasteiger partial charge is 0.317 e. The van der Waals surface area contributed by atoms with E-state index in [4.69, 9.17) is 5.11 Å². The van der Waals surface area contributed by atoms with E-state index in [9.17, 15) is 14.4 Å². The van der Waals surface area contributed by atoms with Crippen molar-refractivity contribution >= 4 is 29.2 Å². The van der Waals surface area contributed by atoms with Crippen molar-refractivity contribution in [1.29, 1.82) is 0 Å². The molecule has 120 valence electrons. The van der Waals surface area contributed by atoms with E-state index in [1.54, 1.807) is 29.2 Å². The molecule has 3 N–H and O–H groups in total. The Balaban J connectivity index is 2.55. The van der Waals surface area contributed by atoms with Gasteiger partial charge in [-0.3, -0.25) is 19.3 Å². The van der Waals surface area contributed by atoms with Crippen LogP contribution in [0.3, 0.4) is 0 Å². The first-order valence-corrected chi connectivity index (χ1v) is 7.02. The Morgan fingerprint density at radius 3 is 2.05 bits per heavy atom. The molecule has 0 atom stereocenters. The van der Waals surface area contributed by atoms with Gasteiger partial charge < -0.3 is 15.7 Å². The van der Waals surface area contributed by atoms with Crippen LogP contribution in [0.15, 0.2) is 24.3 Å². The van der Waals surface area contributed by atoms with Crippen molar-refractivity contribution in [2.45, 2.75) is 20.3 Å². The van der Waals surface area contributed by atoms with Gasteiger partial charge in [0, 0.05) is 18.3 Å². The molecule has 2 amide bonds. The molecule has 1 rings (SSSR count). The van der Waals surface area contributed by atoms with E-state index in [-0.39, 0.29) is 24.9 Å². The van der Waals surface area contributed by atoms with Crippen LogP contribution in [-0.4, -0.2) is 47.4 Å². The first-order chi connectivity index (χ1) is 10.4. The monoisotopic (exact) mass is 307 g/mol. The predicted octanol–water partition coefficient (Wildman–Crippen LogP) is 1.38. The molecule has 0 spiro atoms. The fourth-order valence-electron chi connectivity index (χ4n) is 1.97. The molecule has 0 fully saturated rings. The first kappa shape index (κ1) is 17.6. The number of rotatable bonds is 8. The summed E-state index contributed by atoms with van der Waals surface area (Å²) in [7, 11) is 0. The Morgan fingerprint density at radius 2 is 1.59 bits per heavy atom. The summed E-state index contributed by atoms with van der Waals surface area (Å²) in [5.41, 5.74) is 1.23. The number of nitrogens with one attached hydrogen (secondary N) is 2. The van der Waals surface area contributed by atoms with Crippen LogP contribution >= 0.6 is 0 Å². The second kappa shape index (κ2) is 8.78. The molecule has 0 radical (unpaired) electrons. The third-order valence-electron chi connectivity index (χ3n) is 2.75. The van der Waals surface area contributed by atoms with Crippen LogP contribution in [0.5, 0.6) is 0 Å². The Morgan fingerprint density at radius 1 is 1.05 bits per heavy atom. The molecule has 0 unspecified atom stereocenters. The maximum atomic E-state index is 11.9. The SMILES string of the molecule is CCCN(CC(=O)O)CC(=O)Nc1ccc(NC(C)=O)cc1. The highest BCUT2D eigenvalue weighted by atomic mass is 16.4. The molecular formula is C15H21N3O4. The highest BCUT2D eigenvalue weighted by Crippen LogP contribution is 2.13. The molecule has 0 aromatic heterocycles. The molecular weight excluding hydrogens is 286 g/mol. The van der Waals surface area contributed by atoms with Gasteiger partial charge in [-0.1, -0.05) is 6.92 Å². The summed E-state index contributed by atoms with van der Waals surface area (Å²) in [5, 5.41) is 14.1. The van der Waals surface area contributed by atoms with Crippen LogP contribution in [-0.2, 0) is 14.4 Å². The summed E-state index contributed by atoms with van der Waals surface area (Å²) in [6.45, 7) is 3.74. The van der Waals surface area contributed by atoms with Gasteiger partial charge in [0.25, 0.3) is 0 Å². The summed E-state index contributed by atoms with van der Waals surface area (Å²) in [4.78, 5) is 35.2. The van der Waals surface area contributed by atoms with Crippen LogP contribution in [0, 0.1) is 0 Å². The van der Waals surface area contributed by atoms with Crippen molar-refractivity contribution in [3.8, 4) is 0 Å². The standard InChI is InChI=1S/C15H21N3O4/c1-3-8-18(10-15(21)22)9-14(20)17-13-6-4-12(5-7-13)16-11(2)19/h4-7H,3,8-10H2,1-2H3,(H,16,19)(H,17,20)(H,21,22). The van der Waals surface area contributed by atoms with Crippen LogP contribution in [0.25, 0.3) is 0 Å². The molecule has 0 saturated heterocycles. The Hall–Kier alpha value is -2.41. The van der Waals surface area contributed by atoms with Crippen molar-refractivity contribution < 1.29 is 19.5 Å². The second-order valence-electron chi connectivity index (χ2n) is 4.91. The topological polar surface area (TPSA) is 98.7 Å². The van der Waals surface area contributed by atoms with Crippen LogP contribution in [0.1, 0.15) is 20.3 Å². The normalized spacial score (nSPS) is 10.3.